The van der Waals surface area contributed by atoms with Crippen molar-refractivity contribution in [3.05, 3.63) is 35.9 Å². The van der Waals surface area contributed by atoms with E-state index in [2.05, 4.69) is 0 Å². The molecule has 5 nitrogen and oxygen atoms in total. The van der Waals surface area contributed by atoms with Crippen LogP contribution in [0, 0.1) is 0 Å². The summed E-state index contributed by atoms with van der Waals surface area (Å²) in [4.78, 5) is 25.0. The van der Waals surface area contributed by atoms with Crippen LogP contribution in [-0.4, -0.2) is 39.6 Å². The second-order valence-electron chi connectivity index (χ2n) is 5.16. The molecule has 1 aromatic carbocycles. The Bertz CT molecular complexity index is 536. The van der Waals surface area contributed by atoms with Gasteiger partial charge in [-0.3, -0.25) is 4.79 Å². The van der Waals surface area contributed by atoms with Crippen molar-refractivity contribution in [2.75, 3.05) is 6.54 Å². The molecule has 21 heavy (non-hydrogen) atoms. The van der Waals surface area contributed by atoms with Crippen molar-refractivity contribution in [3.8, 4) is 5.75 Å². The van der Waals surface area contributed by atoms with Gasteiger partial charge in [-0.05, 0) is 36.6 Å². The molecule has 1 heterocycles. The first-order chi connectivity index (χ1) is 10.1. The highest BCUT2D eigenvalue weighted by Crippen LogP contribution is 2.18. The topological polar surface area (TPSA) is 77.8 Å². The number of phenols is 1. The molecule has 1 saturated heterocycles. The van der Waals surface area contributed by atoms with Crippen molar-refractivity contribution in [1.29, 1.82) is 0 Å². The maximum absolute atomic E-state index is 12.2. The predicted octanol–water partition coefficient (Wildman–Crippen LogP) is 2.26. The first-order valence-electron chi connectivity index (χ1n) is 7.08. The predicted molar refractivity (Wildman–Crippen MR) is 78.7 cm³/mol. The molecule has 2 rings (SSSR count). The smallest absolute Gasteiger partial charge is 0.326 e. The summed E-state index contributed by atoms with van der Waals surface area (Å²) in [6.45, 7) is 0.482. The molecule has 1 aliphatic rings. The van der Waals surface area contributed by atoms with E-state index in [4.69, 9.17) is 0 Å². The Labute approximate surface area is 123 Å². The lowest BCUT2D eigenvalue weighted by atomic mass is 10.1. The summed E-state index contributed by atoms with van der Waals surface area (Å²) in [5.41, 5.74) is 0.780. The first kappa shape index (κ1) is 15.1. The number of phenolic OH excluding ortho intramolecular Hbond substituents is 1. The minimum atomic E-state index is -0.941. The molecule has 1 fully saturated rings. The third-order valence-corrected chi connectivity index (χ3v) is 3.63. The van der Waals surface area contributed by atoms with Gasteiger partial charge in [0.15, 0.2) is 0 Å². The normalized spacial score (nSPS) is 19.4. The number of aliphatic carboxylic acids is 1. The van der Waals surface area contributed by atoms with Crippen LogP contribution in [-0.2, 0) is 9.59 Å². The van der Waals surface area contributed by atoms with Crippen molar-refractivity contribution >= 4 is 18.0 Å². The number of hydrogen-bond donors (Lipinski definition) is 2. The van der Waals surface area contributed by atoms with Gasteiger partial charge in [-0.25, -0.2) is 4.79 Å². The summed E-state index contributed by atoms with van der Waals surface area (Å²) in [5.74, 6) is -1.06. The van der Waals surface area contributed by atoms with E-state index in [0.717, 1.165) is 24.8 Å². The molecule has 2 N–H and O–H groups in total. The molecule has 0 saturated carbocycles. The highest BCUT2D eigenvalue weighted by Gasteiger charge is 2.29. The molecule has 1 atom stereocenters. The molecule has 1 aromatic rings. The Morgan fingerprint density at radius 3 is 2.52 bits per heavy atom. The number of aromatic hydroxyl groups is 1. The number of carboxylic acids is 1. The first-order valence-corrected chi connectivity index (χ1v) is 7.08. The van der Waals surface area contributed by atoms with Crippen molar-refractivity contribution in [2.45, 2.75) is 31.7 Å². The maximum Gasteiger partial charge on any atom is 0.326 e. The SMILES string of the molecule is O=C(O)C1CCCCCN1C(=O)C=Cc1ccc(O)cc1. The molecule has 0 bridgehead atoms. The number of likely N-dealkylation sites (tertiary alicyclic amines) is 1. The zero-order valence-electron chi connectivity index (χ0n) is 11.7. The summed E-state index contributed by atoms with van der Waals surface area (Å²) in [5, 5.41) is 18.5. The number of nitrogens with zero attached hydrogens (tertiary/aromatic N) is 1. The minimum Gasteiger partial charge on any atom is -0.508 e. The van der Waals surface area contributed by atoms with Gasteiger partial charge in [-0.15, -0.1) is 0 Å². The highest BCUT2D eigenvalue weighted by atomic mass is 16.4. The Balaban J connectivity index is 2.09. The molecular formula is C16H19NO4. The summed E-state index contributed by atoms with van der Waals surface area (Å²) < 4.78 is 0. The van der Waals surface area contributed by atoms with E-state index >= 15 is 0 Å². The Morgan fingerprint density at radius 2 is 1.86 bits per heavy atom. The molecule has 5 heteroatoms. The van der Waals surface area contributed by atoms with Gasteiger partial charge in [0.2, 0.25) is 5.91 Å². The fourth-order valence-corrected chi connectivity index (χ4v) is 2.48. The van der Waals surface area contributed by atoms with E-state index in [0.29, 0.717) is 13.0 Å². The number of amides is 1. The lowest BCUT2D eigenvalue weighted by Crippen LogP contribution is -2.43. The Morgan fingerprint density at radius 1 is 1.14 bits per heavy atom. The van der Waals surface area contributed by atoms with Gasteiger partial charge in [-0.1, -0.05) is 25.0 Å². The monoisotopic (exact) mass is 289 g/mol. The number of carbonyl (C=O) groups is 2. The molecule has 0 radical (unpaired) electrons. The molecule has 0 aromatic heterocycles. The van der Waals surface area contributed by atoms with Gasteiger partial charge >= 0.3 is 5.97 Å². The van der Waals surface area contributed by atoms with Gasteiger partial charge in [0, 0.05) is 12.6 Å². The average Bonchev–Trinajstić information content (AvgIpc) is 2.72. The van der Waals surface area contributed by atoms with Crippen molar-refractivity contribution < 1.29 is 19.8 Å². The Kier molecular flexibility index (Phi) is 4.98. The van der Waals surface area contributed by atoms with Gasteiger partial charge in [0.1, 0.15) is 11.8 Å². The van der Waals surface area contributed by atoms with E-state index in [1.807, 2.05) is 0 Å². The summed E-state index contributed by atoms with van der Waals surface area (Å²) in [6.07, 6.45) is 6.16. The molecule has 1 unspecified atom stereocenters. The third-order valence-electron chi connectivity index (χ3n) is 3.63. The zero-order chi connectivity index (χ0) is 15.2. The van der Waals surface area contributed by atoms with Gasteiger partial charge in [0.05, 0.1) is 0 Å². The highest BCUT2D eigenvalue weighted by molar-refractivity contribution is 5.94. The van der Waals surface area contributed by atoms with Gasteiger partial charge in [-0.2, -0.15) is 0 Å². The van der Waals surface area contributed by atoms with Crippen LogP contribution >= 0.6 is 0 Å². The van der Waals surface area contributed by atoms with Crippen LogP contribution in [0.1, 0.15) is 31.2 Å². The van der Waals surface area contributed by atoms with Crippen molar-refractivity contribution in [2.24, 2.45) is 0 Å². The molecule has 112 valence electrons. The van der Waals surface area contributed by atoms with Crippen LogP contribution in [0.5, 0.6) is 5.75 Å². The lowest BCUT2D eigenvalue weighted by molar-refractivity contribution is -0.148. The quantitative estimate of drug-likeness (QED) is 0.837. The van der Waals surface area contributed by atoms with E-state index in [-0.39, 0.29) is 11.7 Å². The lowest BCUT2D eigenvalue weighted by Gasteiger charge is -2.25. The average molecular weight is 289 g/mol. The fourth-order valence-electron chi connectivity index (χ4n) is 2.48. The van der Waals surface area contributed by atoms with Crippen molar-refractivity contribution in [1.82, 2.24) is 4.90 Å². The maximum atomic E-state index is 12.2. The number of hydrogen-bond acceptors (Lipinski definition) is 3. The van der Waals surface area contributed by atoms with Crippen LogP contribution < -0.4 is 0 Å². The van der Waals surface area contributed by atoms with E-state index in [1.54, 1.807) is 18.2 Å². The third kappa shape index (κ3) is 4.08. The minimum absolute atomic E-state index is 0.164. The van der Waals surface area contributed by atoms with Gasteiger partial charge < -0.3 is 15.1 Å². The summed E-state index contributed by atoms with van der Waals surface area (Å²) >= 11 is 0. The molecular weight excluding hydrogens is 270 g/mol. The van der Waals surface area contributed by atoms with E-state index in [1.165, 1.54) is 23.1 Å². The number of carboxylic acid groups (broad SMARTS) is 1. The van der Waals surface area contributed by atoms with Crippen LogP contribution in [0.15, 0.2) is 30.3 Å². The number of rotatable bonds is 3. The zero-order valence-corrected chi connectivity index (χ0v) is 11.7. The fraction of sp³-hybridized carbons (Fsp3) is 0.375. The van der Waals surface area contributed by atoms with E-state index < -0.39 is 12.0 Å². The second-order valence-corrected chi connectivity index (χ2v) is 5.16. The Hall–Kier alpha value is -2.30. The number of carbonyl (C=O) groups excluding carboxylic acids is 1. The molecule has 1 aliphatic heterocycles. The largest absolute Gasteiger partial charge is 0.508 e. The van der Waals surface area contributed by atoms with Crippen LogP contribution in [0.4, 0.5) is 0 Å². The summed E-state index contributed by atoms with van der Waals surface area (Å²) in [6, 6.07) is 5.73. The summed E-state index contributed by atoms with van der Waals surface area (Å²) in [7, 11) is 0. The van der Waals surface area contributed by atoms with Gasteiger partial charge in [0.25, 0.3) is 0 Å². The molecule has 0 aliphatic carbocycles. The van der Waals surface area contributed by atoms with Crippen molar-refractivity contribution in [3.63, 3.8) is 0 Å². The van der Waals surface area contributed by atoms with E-state index in [9.17, 15) is 19.8 Å². The number of benzene rings is 1. The van der Waals surface area contributed by atoms with Crippen LogP contribution in [0.3, 0.4) is 0 Å². The molecule has 1 amide bonds. The standard InChI is InChI=1S/C16H19NO4/c18-13-8-5-12(6-9-13)7-10-15(19)17-11-3-1-2-4-14(17)16(20)21/h5-10,14,18H,1-4,11H2,(H,20,21). The van der Waals surface area contributed by atoms with Crippen LogP contribution in [0.25, 0.3) is 6.08 Å². The molecule has 0 spiro atoms. The van der Waals surface area contributed by atoms with Crippen LogP contribution in [0.2, 0.25) is 0 Å². The second kappa shape index (κ2) is 6.92.